The van der Waals surface area contributed by atoms with Gasteiger partial charge in [-0.15, -0.1) is 0 Å². The molecular formula is C33H34ClF3N2O3S. The van der Waals surface area contributed by atoms with Crippen LogP contribution in [-0.4, -0.2) is 38.8 Å². The first-order valence-corrected chi connectivity index (χ1v) is 16.0. The summed E-state index contributed by atoms with van der Waals surface area (Å²) in [6.07, 6.45) is -3.99. The van der Waals surface area contributed by atoms with Crippen LogP contribution in [0, 0.1) is 0 Å². The normalized spacial score (nSPS) is 12.1. The minimum atomic E-state index is -4.55. The van der Waals surface area contributed by atoms with E-state index in [9.17, 15) is 21.6 Å². The maximum atomic E-state index is 13.6. The fourth-order valence-electron chi connectivity index (χ4n) is 4.81. The van der Waals surface area contributed by atoms with Crippen molar-refractivity contribution in [1.82, 2.24) is 4.90 Å². The number of hydrogen-bond donors (Lipinski definition) is 1. The van der Waals surface area contributed by atoms with Crippen molar-refractivity contribution in [2.75, 3.05) is 30.2 Å². The zero-order valence-corrected chi connectivity index (χ0v) is 25.3. The second-order valence-electron chi connectivity index (χ2n) is 10.1. The van der Waals surface area contributed by atoms with Gasteiger partial charge in [-0.1, -0.05) is 90.5 Å². The van der Waals surface area contributed by atoms with E-state index in [0.29, 0.717) is 43.1 Å². The van der Waals surface area contributed by atoms with Crippen LogP contribution in [0.5, 0.6) is 5.75 Å². The summed E-state index contributed by atoms with van der Waals surface area (Å²) in [6, 6.07) is 30.7. The van der Waals surface area contributed by atoms with E-state index in [2.05, 4.69) is 33.9 Å². The second-order valence-corrected chi connectivity index (χ2v) is 12.5. The summed E-state index contributed by atoms with van der Waals surface area (Å²) in [5.74, 6) is 0.433. The molecule has 1 N–H and O–H groups in total. The number of sulfonamides is 1. The predicted octanol–water partition coefficient (Wildman–Crippen LogP) is 8.22. The lowest BCUT2D eigenvalue weighted by Gasteiger charge is -2.29. The van der Waals surface area contributed by atoms with Gasteiger partial charge in [-0.2, -0.15) is 13.2 Å². The van der Waals surface area contributed by atoms with E-state index in [4.69, 9.17) is 16.3 Å². The zero-order valence-electron chi connectivity index (χ0n) is 23.7. The molecule has 4 rings (SSSR count). The molecule has 0 aliphatic heterocycles. The molecule has 4 aromatic carbocycles. The van der Waals surface area contributed by atoms with E-state index in [0.717, 1.165) is 17.2 Å². The summed E-state index contributed by atoms with van der Waals surface area (Å²) in [5.41, 5.74) is 2.14. The fraction of sp³-hybridized carbons (Fsp3) is 0.273. The Morgan fingerprint density at radius 2 is 1.51 bits per heavy atom. The second kappa shape index (κ2) is 14.8. The molecule has 0 unspecified atom stereocenters. The molecule has 10 heteroatoms. The van der Waals surface area contributed by atoms with Crippen LogP contribution >= 0.6 is 11.6 Å². The van der Waals surface area contributed by atoms with Crippen LogP contribution in [0.25, 0.3) is 0 Å². The van der Waals surface area contributed by atoms with Crippen molar-refractivity contribution >= 4 is 27.3 Å². The van der Waals surface area contributed by atoms with Gasteiger partial charge in [0, 0.05) is 31.6 Å². The van der Waals surface area contributed by atoms with Gasteiger partial charge in [0.25, 0.3) is 0 Å². The van der Waals surface area contributed by atoms with E-state index in [1.165, 1.54) is 6.07 Å². The van der Waals surface area contributed by atoms with Gasteiger partial charge in [-0.25, -0.2) is 8.42 Å². The van der Waals surface area contributed by atoms with Crippen molar-refractivity contribution in [3.8, 4) is 5.75 Å². The lowest BCUT2D eigenvalue weighted by atomic mass is 9.90. The van der Waals surface area contributed by atoms with Gasteiger partial charge < -0.3 is 4.74 Å². The number of nitrogens with zero attached hydrogens (tertiary/aromatic N) is 1. The standard InChI is InChI=1S/C33H34ClF3N2O3S/c1-2-43(40,41)38-28-17-10-18-29(22-28)42-21-11-20-39(23-27-16-9-19-31(32(27)34)33(35,36)37)24-30(25-12-5-3-6-13-25)26-14-7-4-8-15-26/h3-10,12-19,22,30,38H,2,11,20-21,23-24H2,1H3. The number of alkyl halides is 3. The third-order valence-corrected chi connectivity index (χ3v) is 8.75. The lowest BCUT2D eigenvalue weighted by Crippen LogP contribution is -2.31. The molecule has 0 aromatic heterocycles. The van der Waals surface area contributed by atoms with Crippen LogP contribution in [0.3, 0.4) is 0 Å². The molecule has 0 fully saturated rings. The average Bonchev–Trinajstić information content (AvgIpc) is 2.99. The summed E-state index contributed by atoms with van der Waals surface area (Å²) in [5, 5.41) is -0.293. The van der Waals surface area contributed by atoms with Crippen molar-refractivity contribution in [2.45, 2.75) is 32.0 Å². The predicted molar refractivity (Wildman–Crippen MR) is 166 cm³/mol. The number of nitrogens with one attached hydrogen (secondary N) is 1. The highest BCUT2D eigenvalue weighted by atomic mass is 35.5. The van der Waals surface area contributed by atoms with Gasteiger partial charge in [-0.3, -0.25) is 9.62 Å². The molecule has 0 aliphatic rings. The van der Waals surface area contributed by atoms with Crippen molar-refractivity contribution in [1.29, 1.82) is 0 Å². The third-order valence-electron chi connectivity index (χ3n) is 7.00. The first kappa shape index (κ1) is 32.4. The molecule has 0 saturated carbocycles. The smallest absolute Gasteiger partial charge is 0.417 e. The van der Waals surface area contributed by atoms with Crippen molar-refractivity contribution in [2.24, 2.45) is 0 Å². The summed E-state index contributed by atoms with van der Waals surface area (Å²) >= 11 is 6.30. The SMILES string of the molecule is CCS(=O)(=O)Nc1cccc(OCCCN(Cc2cccc(C(F)(F)F)c2Cl)CC(c2ccccc2)c2ccccc2)c1. The molecule has 5 nitrogen and oxygen atoms in total. The first-order valence-electron chi connectivity index (χ1n) is 14.0. The minimum absolute atomic E-state index is 0.0313. The molecular weight excluding hydrogens is 597 g/mol. The number of anilines is 1. The van der Waals surface area contributed by atoms with Crippen molar-refractivity contribution in [3.05, 3.63) is 130 Å². The van der Waals surface area contributed by atoms with Crippen LogP contribution in [-0.2, 0) is 22.7 Å². The molecule has 0 radical (unpaired) electrons. The highest BCUT2D eigenvalue weighted by Crippen LogP contribution is 2.37. The Kier molecular flexibility index (Phi) is 11.1. The number of ether oxygens (including phenoxy) is 1. The molecule has 0 bridgehead atoms. The van der Waals surface area contributed by atoms with Crippen molar-refractivity contribution in [3.63, 3.8) is 0 Å². The van der Waals surface area contributed by atoms with E-state index < -0.39 is 21.8 Å². The monoisotopic (exact) mass is 630 g/mol. The Morgan fingerprint density at radius 3 is 2.12 bits per heavy atom. The highest BCUT2D eigenvalue weighted by Gasteiger charge is 2.34. The van der Waals surface area contributed by atoms with Gasteiger partial charge in [0.15, 0.2) is 0 Å². The number of hydrogen-bond acceptors (Lipinski definition) is 4. The summed E-state index contributed by atoms with van der Waals surface area (Å²) < 4.78 is 73.1. The van der Waals surface area contributed by atoms with E-state index in [1.807, 2.05) is 36.4 Å². The number of halogens is 4. The quantitative estimate of drug-likeness (QED) is 0.143. The molecule has 0 amide bonds. The maximum Gasteiger partial charge on any atom is 0.417 e. The Balaban J connectivity index is 1.53. The van der Waals surface area contributed by atoms with Gasteiger partial charge in [0.05, 0.1) is 28.6 Å². The third kappa shape index (κ3) is 9.48. The van der Waals surface area contributed by atoms with E-state index >= 15 is 0 Å². The zero-order chi connectivity index (χ0) is 30.9. The average molecular weight is 631 g/mol. The van der Waals surface area contributed by atoms with Gasteiger partial charge >= 0.3 is 6.18 Å². The Labute approximate surface area is 256 Å². The van der Waals surface area contributed by atoms with Crippen LogP contribution < -0.4 is 9.46 Å². The molecule has 0 heterocycles. The molecule has 0 atom stereocenters. The fourth-order valence-corrected chi connectivity index (χ4v) is 5.73. The van der Waals surface area contributed by atoms with E-state index in [1.54, 1.807) is 37.3 Å². The number of rotatable bonds is 14. The van der Waals surface area contributed by atoms with Crippen LogP contribution in [0.1, 0.15) is 41.5 Å². The molecule has 0 spiro atoms. The Hall–Kier alpha value is -3.53. The first-order chi connectivity index (χ1) is 20.6. The summed E-state index contributed by atoms with van der Waals surface area (Å²) in [7, 11) is -3.42. The summed E-state index contributed by atoms with van der Waals surface area (Å²) in [4.78, 5) is 2.10. The molecule has 43 heavy (non-hydrogen) atoms. The summed E-state index contributed by atoms with van der Waals surface area (Å²) in [6.45, 7) is 3.15. The Bertz CT molecular complexity index is 1530. The molecule has 0 saturated heterocycles. The molecule has 228 valence electrons. The van der Waals surface area contributed by atoms with E-state index in [-0.39, 0.29) is 23.2 Å². The lowest BCUT2D eigenvalue weighted by molar-refractivity contribution is -0.137. The Morgan fingerprint density at radius 1 is 0.884 bits per heavy atom. The number of benzene rings is 4. The minimum Gasteiger partial charge on any atom is -0.493 e. The molecule has 4 aromatic rings. The maximum absolute atomic E-state index is 13.6. The van der Waals surface area contributed by atoms with Gasteiger partial charge in [-0.05, 0) is 48.2 Å². The topological polar surface area (TPSA) is 58.6 Å². The van der Waals surface area contributed by atoms with Crippen LogP contribution in [0.15, 0.2) is 103 Å². The highest BCUT2D eigenvalue weighted by molar-refractivity contribution is 7.92. The van der Waals surface area contributed by atoms with Gasteiger partial charge in [0.2, 0.25) is 10.0 Å². The van der Waals surface area contributed by atoms with Crippen LogP contribution in [0.4, 0.5) is 18.9 Å². The van der Waals surface area contributed by atoms with Gasteiger partial charge in [0.1, 0.15) is 5.75 Å². The van der Waals surface area contributed by atoms with Crippen LogP contribution in [0.2, 0.25) is 5.02 Å². The van der Waals surface area contributed by atoms with Crippen molar-refractivity contribution < 1.29 is 26.3 Å². The largest absolute Gasteiger partial charge is 0.493 e. The molecule has 0 aliphatic carbocycles.